The summed E-state index contributed by atoms with van der Waals surface area (Å²) in [5, 5.41) is 12.0. The number of pyridine rings is 1. The van der Waals surface area contributed by atoms with Gasteiger partial charge < -0.3 is 10.4 Å². The van der Waals surface area contributed by atoms with Crippen molar-refractivity contribution in [2.45, 2.75) is 19.3 Å². The molecule has 5 heteroatoms. The highest BCUT2D eigenvalue weighted by atomic mass is 32.2. The maximum Gasteiger partial charge on any atom is 0.234 e. The molecule has 21 heavy (non-hydrogen) atoms. The monoisotopic (exact) mass is 302 g/mol. The molecule has 0 aliphatic carbocycles. The van der Waals surface area contributed by atoms with E-state index in [1.807, 2.05) is 37.3 Å². The zero-order chi connectivity index (χ0) is 15.1. The maximum atomic E-state index is 11.9. The Labute approximate surface area is 128 Å². The van der Waals surface area contributed by atoms with Crippen molar-refractivity contribution < 1.29 is 9.90 Å². The Bertz CT molecular complexity index is 602. The molecule has 0 aliphatic rings. The summed E-state index contributed by atoms with van der Waals surface area (Å²) in [5.41, 5.74) is 3.49. The number of aromatic nitrogens is 1. The Kier molecular flexibility index (Phi) is 5.78. The van der Waals surface area contributed by atoms with Crippen LogP contribution in [-0.4, -0.2) is 21.8 Å². The van der Waals surface area contributed by atoms with Crippen LogP contribution in [0.4, 0.5) is 5.69 Å². The number of thioether (sulfide) groups is 1. The summed E-state index contributed by atoms with van der Waals surface area (Å²) >= 11 is 1.53. The molecule has 4 nitrogen and oxygen atoms in total. The Hall–Kier alpha value is -1.85. The summed E-state index contributed by atoms with van der Waals surface area (Å²) in [6.07, 6.45) is 1.75. The molecule has 1 amide bonds. The Morgan fingerprint density at radius 1 is 1.33 bits per heavy atom. The first-order chi connectivity index (χ1) is 10.2. The van der Waals surface area contributed by atoms with Crippen molar-refractivity contribution in [1.82, 2.24) is 4.98 Å². The molecule has 2 N–H and O–H groups in total. The van der Waals surface area contributed by atoms with Gasteiger partial charge in [-0.05, 0) is 36.2 Å². The van der Waals surface area contributed by atoms with E-state index in [2.05, 4.69) is 10.3 Å². The molecule has 0 atom stereocenters. The van der Waals surface area contributed by atoms with Gasteiger partial charge in [0.1, 0.15) is 0 Å². The van der Waals surface area contributed by atoms with Crippen molar-refractivity contribution in [1.29, 1.82) is 0 Å². The van der Waals surface area contributed by atoms with E-state index >= 15 is 0 Å². The first-order valence-electron chi connectivity index (χ1n) is 6.67. The second kappa shape index (κ2) is 7.81. The average molecular weight is 302 g/mol. The predicted molar refractivity (Wildman–Crippen MR) is 86.1 cm³/mol. The maximum absolute atomic E-state index is 11.9. The molecule has 0 spiro atoms. The zero-order valence-corrected chi connectivity index (χ0v) is 12.7. The lowest BCUT2D eigenvalue weighted by Crippen LogP contribution is -2.15. The van der Waals surface area contributed by atoms with E-state index in [4.69, 9.17) is 5.11 Å². The summed E-state index contributed by atoms with van der Waals surface area (Å²) in [6.45, 7) is 1.90. The molecule has 1 aromatic carbocycles. The summed E-state index contributed by atoms with van der Waals surface area (Å²) in [7, 11) is 0. The van der Waals surface area contributed by atoms with E-state index in [1.165, 1.54) is 11.8 Å². The molecule has 2 rings (SSSR count). The summed E-state index contributed by atoms with van der Waals surface area (Å²) in [4.78, 5) is 16.2. The minimum absolute atomic E-state index is 0.0302. The van der Waals surface area contributed by atoms with E-state index < -0.39 is 0 Å². The van der Waals surface area contributed by atoms with Gasteiger partial charge in [-0.15, -0.1) is 11.8 Å². The van der Waals surface area contributed by atoms with Gasteiger partial charge in [0, 0.05) is 17.6 Å². The third-order valence-corrected chi connectivity index (χ3v) is 3.93. The number of anilines is 1. The highest BCUT2D eigenvalue weighted by Gasteiger charge is 2.06. The topological polar surface area (TPSA) is 62.2 Å². The lowest BCUT2D eigenvalue weighted by Gasteiger charge is -2.09. The van der Waals surface area contributed by atoms with Crippen LogP contribution in [0.15, 0.2) is 42.6 Å². The van der Waals surface area contributed by atoms with Crippen molar-refractivity contribution in [3.8, 4) is 0 Å². The third kappa shape index (κ3) is 4.88. The van der Waals surface area contributed by atoms with Gasteiger partial charge in [0.25, 0.3) is 0 Å². The summed E-state index contributed by atoms with van der Waals surface area (Å²) in [6, 6.07) is 11.3. The molecule has 0 fully saturated rings. The van der Waals surface area contributed by atoms with Crippen molar-refractivity contribution in [3.63, 3.8) is 0 Å². The number of hydrogen-bond donors (Lipinski definition) is 2. The molecule has 0 radical (unpaired) electrons. The van der Waals surface area contributed by atoms with Crippen LogP contribution in [-0.2, 0) is 17.2 Å². The van der Waals surface area contributed by atoms with Crippen molar-refractivity contribution in [2.24, 2.45) is 0 Å². The number of carbonyl (C=O) groups is 1. The Balaban J connectivity index is 1.84. The average Bonchev–Trinajstić information content (AvgIpc) is 2.50. The number of amides is 1. The normalized spacial score (nSPS) is 10.4. The lowest BCUT2D eigenvalue weighted by molar-refractivity contribution is -0.113. The van der Waals surface area contributed by atoms with Gasteiger partial charge in [-0.1, -0.05) is 18.2 Å². The fraction of sp³-hybridized carbons (Fsp3) is 0.250. The van der Waals surface area contributed by atoms with Crippen LogP contribution in [0, 0.1) is 6.92 Å². The van der Waals surface area contributed by atoms with Crippen LogP contribution in [0.3, 0.4) is 0 Å². The molecular formula is C16H18N2O2S. The highest BCUT2D eigenvalue weighted by Crippen LogP contribution is 2.18. The minimum atomic E-state index is -0.0471. The van der Waals surface area contributed by atoms with Crippen LogP contribution in [0.5, 0.6) is 0 Å². The number of aliphatic hydroxyl groups is 1. The predicted octanol–water partition coefficient (Wildman–Crippen LogP) is 2.75. The fourth-order valence-electron chi connectivity index (χ4n) is 1.82. The smallest absolute Gasteiger partial charge is 0.234 e. The van der Waals surface area contributed by atoms with Crippen LogP contribution in [0.25, 0.3) is 0 Å². The third-order valence-electron chi connectivity index (χ3n) is 2.97. The van der Waals surface area contributed by atoms with Crippen LogP contribution in [0.2, 0.25) is 0 Å². The number of carbonyl (C=O) groups excluding carboxylic acids is 1. The number of rotatable bonds is 6. The second-order valence-corrected chi connectivity index (χ2v) is 5.66. The van der Waals surface area contributed by atoms with E-state index in [1.54, 1.807) is 12.3 Å². The van der Waals surface area contributed by atoms with Gasteiger partial charge in [-0.2, -0.15) is 0 Å². The molecule has 0 bridgehead atoms. The van der Waals surface area contributed by atoms with E-state index in [0.29, 0.717) is 11.5 Å². The first-order valence-corrected chi connectivity index (χ1v) is 7.82. The standard InChI is InChI=1S/C16H18N2O2S/c1-12-5-6-13(9-19)8-15(12)18-16(20)11-21-10-14-4-2-3-7-17-14/h2-8,19H,9-11H2,1H3,(H,18,20). The number of aliphatic hydroxyl groups excluding tert-OH is 1. The van der Waals surface area contributed by atoms with E-state index in [-0.39, 0.29) is 12.5 Å². The van der Waals surface area contributed by atoms with Crippen molar-refractivity contribution in [2.75, 3.05) is 11.1 Å². The summed E-state index contributed by atoms with van der Waals surface area (Å²) in [5.74, 6) is 1.04. The molecule has 0 saturated carbocycles. The molecule has 0 saturated heterocycles. The molecule has 0 aliphatic heterocycles. The quantitative estimate of drug-likeness (QED) is 0.861. The molecule has 2 aromatic rings. The van der Waals surface area contributed by atoms with Gasteiger partial charge in [0.05, 0.1) is 18.1 Å². The van der Waals surface area contributed by atoms with Gasteiger partial charge in [0.2, 0.25) is 5.91 Å². The lowest BCUT2D eigenvalue weighted by atomic mass is 10.1. The van der Waals surface area contributed by atoms with Crippen molar-refractivity contribution >= 4 is 23.4 Å². The van der Waals surface area contributed by atoms with Gasteiger partial charge in [-0.3, -0.25) is 9.78 Å². The van der Waals surface area contributed by atoms with Crippen molar-refractivity contribution in [3.05, 3.63) is 59.4 Å². The van der Waals surface area contributed by atoms with Crippen LogP contribution in [0.1, 0.15) is 16.8 Å². The summed E-state index contributed by atoms with van der Waals surface area (Å²) < 4.78 is 0. The first kappa shape index (κ1) is 15.5. The molecule has 110 valence electrons. The molecule has 1 aromatic heterocycles. The van der Waals surface area contributed by atoms with Crippen LogP contribution >= 0.6 is 11.8 Å². The number of nitrogens with zero attached hydrogens (tertiary/aromatic N) is 1. The Morgan fingerprint density at radius 2 is 2.19 bits per heavy atom. The zero-order valence-electron chi connectivity index (χ0n) is 11.9. The van der Waals surface area contributed by atoms with Crippen LogP contribution < -0.4 is 5.32 Å². The molecule has 1 heterocycles. The number of hydrogen-bond acceptors (Lipinski definition) is 4. The fourth-order valence-corrected chi connectivity index (χ4v) is 2.56. The number of nitrogens with one attached hydrogen (secondary N) is 1. The number of benzene rings is 1. The Morgan fingerprint density at radius 3 is 2.90 bits per heavy atom. The van der Waals surface area contributed by atoms with Gasteiger partial charge >= 0.3 is 0 Å². The van der Waals surface area contributed by atoms with Gasteiger partial charge in [0.15, 0.2) is 0 Å². The highest BCUT2D eigenvalue weighted by molar-refractivity contribution is 7.99. The van der Waals surface area contributed by atoms with Gasteiger partial charge in [-0.25, -0.2) is 0 Å². The number of aryl methyl sites for hydroxylation is 1. The largest absolute Gasteiger partial charge is 0.392 e. The van der Waals surface area contributed by atoms with E-state index in [0.717, 1.165) is 22.5 Å². The minimum Gasteiger partial charge on any atom is -0.392 e. The molecule has 0 unspecified atom stereocenters. The van der Waals surface area contributed by atoms with E-state index in [9.17, 15) is 4.79 Å². The molecular weight excluding hydrogens is 284 g/mol. The second-order valence-electron chi connectivity index (χ2n) is 4.67. The SMILES string of the molecule is Cc1ccc(CO)cc1NC(=O)CSCc1ccccn1.